The molecule has 7 heteroatoms. The van der Waals surface area contributed by atoms with Gasteiger partial charge in [-0.15, -0.1) is 0 Å². The van der Waals surface area contributed by atoms with Crippen LogP contribution in [-0.4, -0.2) is 27.1 Å². The number of carbonyl (C=O) groups excluding carboxylic acids is 1. The first-order valence-corrected chi connectivity index (χ1v) is 6.24. The molecule has 0 aromatic carbocycles. The predicted molar refractivity (Wildman–Crippen MR) is 75.7 cm³/mol. The maximum atomic E-state index is 11.7. The number of carboxylic acid groups (broad SMARTS) is 1. The molecule has 0 fully saturated rings. The quantitative estimate of drug-likeness (QED) is 0.771. The third-order valence-electron chi connectivity index (χ3n) is 2.62. The van der Waals surface area contributed by atoms with Crippen LogP contribution < -0.4 is 10.6 Å². The summed E-state index contributed by atoms with van der Waals surface area (Å²) in [6.07, 6.45) is 4.58. The topological polar surface area (TPSA) is 104 Å². The molecule has 0 aliphatic heterocycles. The van der Waals surface area contributed by atoms with Crippen LogP contribution in [0.25, 0.3) is 0 Å². The minimum absolute atomic E-state index is 0.144. The van der Waals surface area contributed by atoms with Crippen molar-refractivity contribution in [2.24, 2.45) is 0 Å². The first kappa shape index (κ1) is 14.4. The number of amides is 2. The fourth-order valence-electron chi connectivity index (χ4n) is 1.62. The van der Waals surface area contributed by atoms with Gasteiger partial charge in [0, 0.05) is 18.9 Å². The molecule has 2 aromatic rings. The van der Waals surface area contributed by atoms with Crippen molar-refractivity contribution in [3.8, 4) is 0 Å². The van der Waals surface area contributed by atoms with Gasteiger partial charge in [-0.25, -0.2) is 4.79 Å². The fourth-order valence-corrected chi connectivity index (χ4v) is 1.62. The summed E-state index contributed by atoms with van der Waals surface area (Å²) < 4.78 is 0. The van der Waals surface area contributed by atoms with E-state index in [1.54, 1.807) is 24.5 Å². The number of nitrogens with one attached hydrogen (secondary N) is 2. The Morgan fingerprint density at radius 3 is 2.52 bits per heavy atom. The number of urea groups is 1. The average molecular weight is 286 g/mol. The smallest absolute Gasteiger partial charge is 0.319 e. The van der Waals surface area contributed by atoms with E-state index in [0.717, 1.165) is 5.56 Å². The number of carbonyl (C=O) groups is 2. The molecule has 0 saturated heterocycles. The van der Waals surface area contributed by atoms with Crippen molar-refractivity contribution in [1.82, 2.24) is 15.3 Å². The minimum Gasteiger partial charge on any atom is -0.481 e. The van der Waals surface area contributed by atoms with Crippen LogP contribution in [0.2, 0.25) is 0 Å². The van der Waals surface area contributed by atoms with Gasteiger partial charge < -0.3 is 15.7 Å². The Morgan fingerprint density at radius 1 is 1.14 bits per heavy atom. The van der Waals surface area contributed by atoms with Crippen molar-refractivity contribution >= 4 is 17.7 Å². The molecule has 2 rings (SSSR count). The number of hydrogen-bond acceptors (Lipinski definition) is 4. The number of hydrogen-bond donors (Lipinski definition) is 3. The number of carboxylic acids is 1. The summed E-state index contributed by atoms with van der Waals surface area (Å²) in [5.41, 5.74) is 1.87. The van der Waals surface area contributed by atoms with Gasteiger partial charge in [-0.1, -0.05) is 0 Å². The lowest BCUT2D eigenvalue weighted by Gasteiger charge is -2.07. The van der Waals surface area contributed by atoms with Gasteiger partial charge in [0.1, 0.15) is 0 Å². The molecule has 0 aliphatic rings. The standard InChI is InChI=1S/C14H14N4O3/c19-13(20)7-11-1-2-12(9-16-11)18-14(21)17-8-10-3-5-15-6-4-10/h1-6,9H,7-8H2,(H,19,20)(H2,17,18,21). The Labute approximate surface area is 121 Å². The third kappa shape index (κ3) is 4.90. The normalized spacial score (nSPS) is 9.90. The van der Waals surface area contributed by atoms with Crippen LogP contribution in [0.5, 0.6) is 0 Å². The largest absolute Gasteiger partial charge is 0.481 e. The van der Waals surface area contributed by atoms with Crippen LogP contribution in [0, 0.1) is 0 Å². The number of nitrogens with zero attached hydrogens (tertiary/aromatic N) is 2. The summed E-state index contributed by atoms with van der Waals surface area (Å²) in [6.45, 7) is 0.388. The van der Waals surface area contributed by atoms with Gasteiger partial charge in [0.2, 0.25) is 0 Å². The maximum Gasteiger partial charge on any atom is 0.319 e. The second-order valence-electron chi connectivity index (χ2n) is 4.27. The van der Waals surface area contributed by atoms with Gasteiger partial charge in [-0.05, 0) is 29.8 Å². The molecule has 7 nitrogen and oxygen atoms in total. The van der Waals surface area contributed by atoms with E-state index in [0.29, 0.717) is 17.9 Å². The van der Waals surface area contributed by atoms with Gasteiger partial charge in [-0.3, -0.25) is 14.8 Å². The summed E-state index contributed by atoms with van der Waals surface area (Å²) in [5.74, 6) is -0.946. The Kier molecular flexibility index (Phi) is 4.81. The summed E-state index contributed by atoms with van der Waals surface area (Å²) >= 11 is 0. The highest BCUT2D eigenvalue weighted by Crippen LogP contribution is 2.06. The van der Waals surface area contributed by atoms with Crippen molar-refractivity contribution in [3.05, 3.63) is 54.1 Å². The molecule has 0 unspecified atom stereocenters. The first-order valence-electron chi connectivity index (χ1n) is 6.24. The number of aliphatic carboxylic acids is 1. The van der Waals surface area contributed by atoms with Crippen molar-refractivity contribution in [1.29, 1.82) is 0 Å². The monoisotopic (exact) mass is 286 g/mol. The second kappa shape index (κ2) is 6.99. The molecule has 2 amide bonds. The molecule has 2 aromatic heterocycles. The lowest BCUT2D eigenvalue weighted by molar-refractivity contribution is -0.136. The summed E-state index contributed by atoms with van der Waals surface area (Å²) in [7, 11) is 0. The fraction of sp³-hybridized carbons (Fsp3) is 0.143. The minimum atomic E-state index is -0.946. The van der Waals surface area contributed by atoms with E-state index < -0.39 is 5.97 Å². The lowest BCUT2D eigenvalue weighted by Crippen LogP contribution is -2.28. The summed E-state index contributed by atoms with van der Waals surface area (Å²) in [4.78, 5) is 30.1. The highest BCUT2D eigenvalue weighted by Gasteiger charge is 2.04. The molecule has 0 bridgehead atoms. The van der Waals surface area contributed by atoms with Crippen LogP contribution in [0.15, 0.2) is 42.9 Å². The van der Waals surface area contributed by atoms with Crippen LogP contribution in [0.4, 0.5) is 10.5 Å². The molecule has 21 heavy (non-hydrogen) atoms. The predicted octanol–water partition coefficient (Wildman–Crippen LogP) is 1.43. The highest BCUT2D eigenvalue weighted by atomic mass is 16.4. The Balaban J connectivity index is 1.83. The van der Waals surface area contributed by atoms with Gasteiger partial charge in [0.25, 0.3) is 0 Å². The Morgan fingerprint density at radius 2 is 1.90 bits per heavy atom. The van der Waals surface area contributed by atoms with E-state index in [-0.39, 0.29) is 12.5 Å². The van der Waals surface area contributed by atoms with Crippen molar-refractivity contribution < 1.29 is 14.7 Å². The zero-order chi connectivity index (χ0) is 15.1. The molecule has 0 saturated carbocycles. The van der Waals surface area contributed by atoms with Crippen LogP contribution >= 0.6 is 0 Å². The SMILES string of the molecule is O=C(O)Cc1ccc(NC(=O)NCc2ccncc2)cn1. The molecule has 2 heterocycles. The van der Waals surface area contributed by atoms with Crippen molar-refractivity contribution in [2.75, 3.05) is 5.32 Å². The molecular weight excluding hydrogens is 272 g/mol. The summed E-state index contributed by atoms with van der Waals surface area (Å²) in [5, 5.41) is 13.9. The average Bonchev–Trinajstić information content (AvgIpc) is 2.48. The van der Waals surface area contributed by atoms with Crippen LogP contribution in [0.1, 0.15) is 11.3 Å². The van der Waals surface area contributed by atoms with E-state index in [1.165, 1.54) is 6.20 Å². The molecule has 0 aliphatic carbocycles. The third-order valence-corrected chi connectivity index (χ3v) is 2.62. The molecule has 108 valence electrons. The molecule has 0 radical (unpaired) electrons. The molecule has 3 N–H and O–H groups in total. The first-order chi connectivity index (χ1) is 10.1. The Hall–Kier alpha value is -2.96. The molecule has 0 atom stereocenters. The van der Waals surface area contributed by atoms with Crippen LogP contribution in [0.3, 0.4) is 0 Å². The zero-order valence-corrected chi connectivity index (χ0v) is 11.1. The van der Waals surface area contributed by atoms with Gasteiger partial charge in [0.05, 0.1) is 24.0 Å². The lowest BCUT2D eigenvalue weighted by atomic mass is 10.2. The van der Waals surface area contributed by atoms with Crippen molar-refractivity contribution in [3.63, 3.8) is 0 Å². The van der Waals surface area contributed by atoms with E-state index >= 15 is 0 Å². The van der Waals surface area contributed by atoms with E-state index in [9.17, 15) is 9.59 Å². The van der Waals surface area contributed by atoms with E-state index in [4.69, 9.17) is 5.11 Å². The van der Waals surface area contributed by atoms with Gasteiger partial charge in [-0.2, -0.15) is 0 Å². The number of pyridine rings is 2. The zero-order valence-electron chi connectivity index (χ0n) is 11.1. The highest BCUT2D eigenvalue weighted by molar-refractivity contribution is 5.89. The Bertz CT molecular complexity index is 614. The number of anilines is 1. The second-order valence-corrected chi connectivity index (χ2v) is 4.27. The summed E-state index contributed by atoms with van der Waals surface area (Å²) in [6, 6.07) is 6.43. The van der Waals surface area contributed by atoms with Crippen LogP contribution in [-0.2, 0) is 17.8 Å². The van der Waals surface area contributed by atoms with Crippen molar-refractivity contribution in [2.45, 2.75) is 13.0 Å². The van der Waals surface area contributed by atoms with Gasteiger partial charge >= 0.3 is 12.0 Å². The molecular formula is C14H14N4O3. The van der Waals surface area contributed by atoms with E-state index in [2.05, 4.69) is 20.6 Å². The van der Waals surface area contributed by atoms with E-state index in [1.807, 2.05) is 12.1 Å². The van der Waals surface area contributed by atoms with Gasteiger partial charge in [0.15, 0.2) is 0 Å². The number of rotatable bonds is 5. The molecule has 0 spiro atoms. The number of aromatic nitrogens is 2. The maximum absolute atomic E-state index is 11.7.